The third-order valence-electron chi connectivity index (χ3n) is 4.67. The Balaban J connectivity index is 1.96. The first-order valence-corrected chi connectivity index (χ1v) is 11.0. The fourth-order valence-corrected chi connectivity index (χ4v) is 5.27. The second-order valence-electron chi connectivity index (χ2n) is 6.77. The minimum atomic E-state index is -4.17. The van der Waals surface area contributed by atoms with Gasteiger partial charge in [0.1, 0.15) is 4.90 Å². The zero-order chi connectivity index (χ0) is 22.4. The predicted molar refractivity (Wildman–Crippen MR) is 111 cm³/mol. The van der Waals surface area contributed by atoms with Gasteiger partial charge in [-0.2, -0.15) is 19.0 Å². The predicted octanol–water partition coefficient (Wildman–Crippen LogP) is 4.86. The quantitative estimate of drug-likeness (QED) is 0.549. The van der Waals surface area contributed by atoms with Gasteiger partial charge in [0.2, 0.25) is 0 Å². The first-order chi connectivity index (χ1) is 13.9. The minimum absolute atomic E-state index is 0.0176. The molecule has 0 saturated carbocycles. The first-order valence-electron chi connectivity index (χ1n) is 8.77. The topological polar surface area (TPSA) is 81.8 Å². The van der Waals surface area contributed by atoms with Gasteiger partial charge < -0.3 is 0 Å². The van der Waals surface area contributed by atoms with Crippen LogP contribution in [0.5, 0.6) is 0 Å². The van der Waals surface area contributed by atoms with Crippen molar-refractivity contribution in [3.63, 3.8) is 0 Å². The van der Waals surface area contributed by atoms with Crippen LogP contribution in [0.15, 0.2) is 23.1 Å². The summed E-state index contributed by atoms with van der Waals surface area (Å²) in [5, 5.41) is 8.99. The molecule has 0 radical (unpaired) electrons. The van der Waals surface area contributed by atoms with Gasteiger partial charge in [-0.3, -0.25) is 9.40 Å². The molecule has 30 heavy (non-hydrogen) atoms. The van der Waals surface area contributed by atoms with E-state index in [1.807, 2.05) is 0 Å². The summed E-state index contributed by atoms with van der Waals surface area (Å²) in [6.45, 7) is 3.35. The van der Waals surface area contributed by atoms with E-state index < -0.39 is 16.6 Å². The van der Waals surface area contributed by atoms with E-state index in [0.717, 1.165) is 5.56 Å². The molecule has 0 fully saturated rings. The lowest BCUT2D eigenvalue weighted by molar-refractivity contribution is 0.0538. The molecule has 0 aliphatic heterocycles. The zero-order valence-electron chi connectivity index (χ0n) is 16.5. The van der Waals surface area contributed by atoms with Crippen molar-refractivity contribution in [3.05, 3.63) is 56.6 Å². The maximum atomic E-state index is 13.1. The van der Waals surface area contributed by atoms with E-state index in [9.17, 15) is 17.2 Å². The van der Waals surface area contributed by atoms with Crippen molar-refractivity contribution in [2.45, 2.75) is 45.7 Å². The number of rotatable bonds is 6. The van der Waals surface area contributed by atoms with Crippen LogP contribution in [0.3, 0.4) is 0 Å². The third-order valence-corrected chi connectivity index (χ3v) is 6.85. The normalized spacial score (nSPS) is 12.0. The molecule has 3 aromatic rings. The molecule has 1 aromatic carbocycles. The molecule has 12 heteroatoms. The molecule has 0 aliphatic carbocycles. The number of nitrogens with one attached hydrogen (secondary N) is 1. The van der Waals surface area contributed by atoms with E-state index in [0.29, 0.717) is 32.7 Å². The Bertz CT molecular complexity index is 1220. The van der Waals surface area contributed by atoms with Crippen molar-refractivity contribution in [1.82, 2.24) is 19.6 Å². The lowest BCUT2D eigenvalue weighted by Crippen LogP contribution is -2.16. The summed E-state index contributed by atoms with van der Waals surface area (Å²) in [5.41, 5.74) is 1.83. The summed E-state index contributed by atoms with van der Waals surface area (Å²) >= 11 is 12.1. The van der Waals surface area contributed by atoms with Crippen molar-refractivity contribution in [3.8, 4) is 0 Å². The van der Waals surface area contributed by atoms with E-state index in [4.69, 9.17) is 23.2 Å². The van der Waals surface area contributed by atoms with E-state index >= 15 is 0 Å². The molecule has 2 aromatic heterocycles. The van der Waals surface area contributed by atoms with Crippen LogP contribution in [-0.2, 0) is 16.6 Å². The maximum Gasteiger partial charge on any atom is 0.333 e. The molecule has 1 N–H and O–H groups in total. The number of alkyl halides is 2. The highest BCUT2D eigenvalue weighted by atomic mass is 35.5. The number of aromatic nitrogens is 4. The summed E-state index contributed by atoms with van der Waals surface area (Å²) in [4.78, 5) is -0.282. The van der Waals surface area contributed by atoms with Crippen LogP contribution in [0.25, 0.3) is 0 Å². The van der Waals surface area contributed by atoms with Crippen molar-refractivity contribution < 1.29 is 17.2 Å². The Morgan fingerprint density at radius 1 is 1.07 bits per heavy atom. The van der Waals surface area contributed by atoms with Crippen LogP contribution in [0, 0.1) is 27.7 Å². The molecule has 0 bridgehead atoms. The lowest BCUT2D eigenvalue weighted by atomic mass is 10.2. The van der Waals surface area contributed by atoms with Crippen molar-refractivity contribution >= 4 is 38.9 Å². The monoisotopic (exact) mass is 477 g/mol. The highest BCUT2D eigenvalue weighted by Gasteiger charge is 2.29. The third kappa shape index (κ3) is 4.17. The van der Waals surface area contributed by atoms with Crippen molar-refractivity contribution in [2.75, 3.05) is 4.72 Å². The van der Waals surface area contributed by atoms with Crippen molar-refractivity contribution in [2.24, 2.45) is 0 Å². The van der Waals surface area contributed by atoms with Gasteiger partial charge in [-0.15, -0.1) is 0 Å². The van der Waals surface area contributed by atoms with E-state index in [2.05, 4.69) is 14.9 Å². The molecule has 0 spiro atoms. The second-order valence-corrected chi connectivity index (χ2v) is 9.23. The summed E-state index contributed by atoms with van der Waals surface area (Å²) < 4.78 is 56.5. The van der Waals surface area contributed by atoms with E-state index in [1.165, 1.54) is 13.8 Å². The van der Waals surface area contributed by atoms with E-state index in [1.54, 1.807) is 36.7 Å². The lowest BCUT2D eigenvalue weighted by Gasteiger charge is -2.10. The molecule has 7 nitrogen and oxygen atoms in total. The van der Waals surface area contributed by atoms with Crippen LogP contribution >= 0.6 is 23.2 Å². The molecule has 0 aliphatic rings. The number of sulfonamides is 1. The number of benzene rings is 1. The Labute approximate surface area is 182 Å². The Hall–Kier alpha value is -2.17. The Morgan fingerprint density at radius 3 is 2.30 bits per heavy atom. The first kappa shape index (κ1) is 22.5. The van der Waals surface area contributed by atoms with Crippen LogP contribution in [-0.4, -0.2) is 28.0 Å². The number of nitrogens with zero attached hydrogens (tertiary/aromatic N) is 4. The summed E-state index contributed by atoms with van der Waals surface area (Å²) in [6.07, 6.45) is 0. The highest BCUT2D eigenvalue weighted by molar-refractivity contribution is 7.92. The number of halogens is 4. The molecular weight excluding hydrogens is 459 g/mol. The van der Waals surface area contributed by atoms with Crippen molar-refractivity contribution in [1.29, 1.82) is 0 Å². The molecule has 162 valence electrons. The largest absolute Gasteiger partial charge is 0.333 e. The Morgan fingerprint density at radius 2 is 1.73 bits per heavy atom. The maximum absolute atomic E-state index is 13.1. The standard InChI is InChI=1S/C18H19Cl2F2N5O2S/c1-9-16(11(3)26(23-9)8-13-5-6-14(19)7-15(13)20)25-30(28,29)17-10(2)24-27(12(17)4)18(21)22/h5-7,18,25H,8H2,1-4H3. The van der Waals surface area contributed by atoms with Gasteiger partial charge in [0.25, 0.3) is 10.0 Å². The fraction of sp³-hybridized carbons (Fsp3) is 0.333. The average molecular weight is 478 g/mol. The number of anilines is 1. The van der Waals surface area contributed by atoms with Gasteiger partial charge >= 0.3 is 6.55 Å². The molecule has 0 unspecified atom stereocenters. The molecular formula is C18H19Cl2F2N5O2S. The number of hydrogen-bond acceptors (Lipinski definition) is 4. The summed E-state index contributed by atoms with van der Waals surface area (Å²) in [7, 11) is -4.17. The minimum Gasteiger partial charge on any atom is -0.276 e. The SMILES string of the molecule is Cc1nn(Cc2ccc(Cl)cc2Cl)c(C)c1NS(=O)(=O)c1c(C)nn(C(F)F)c1C. The van der Waals surface area contributed by atoms with Crippen LogP contribution in [0.1, 0.15) is 34.9 Å². The summed E-state index contributed by atoms with van der Waals surface area (Å²) in [5.74, 6) is 0. The molecule has 2 heterocycles. The van der Waals surface area contributed by atoms with Crippen LogP contribution < -0.4 is 4.72 Å². The highest BCUT2D eigenvalue weighted by Crippen LogP contribution is 2.29. The Kier molecular flexibility index (Phi) is 6.13. The van der Waals surface area contributed by atoms with Gasteiger partial charge in [-0.25, -0.2) is 13.1 Å². The molecule has 0 amide bonds. The van der Waals surface area contributed by atoms with E-state index in [-0.39, 0.29) is 22.0 Å². The molecule has 0 saturated heterocycles. The summed E-state index contributed by atoms with van der Waals surface area (Å²) in [6, 6.07) is 5.07. The van der Waals surface area contributed by atoms with Crippen LogP contribution in [0.2, 0.25) is 10.0 Å². The van der Waals surface area contributed by atoms with Gasteiger partial charge in [0, 0.05) is 10.0 Å². The number of hydrogen-bond donors (Lipinski definition) is 1. The van der Waals surface area contributed by atoms with Gasteiger partial charge in [0.05, 0.1) is 35.0 Å². The fourth-order valence-electron chi connectivity index (χ4n) is 3.22. The smallest absolute Gasteiger partial charge is 0.276 e. The number of aryl methyl sites for hydroxylation is 2. The van der Waals surface area contributed by atoms with Crippen LogP contribution in [0.4, 0.5) is 14.5 Å². The molecule has 3 rings (SSSR count). The average Bonchev–Trinajstić information content (AvgIpc) is 3.08. The second kappa shape index (κ2) is 8.16. The van der Waals surface area contributed by atoms with Gasteiger partial charge in [0.15, 0.2) is 0 Å². The molecule has 0 atom stereocenters. The van der Waals surface area contributed by atoms with Gasteiger partial charge in [-0.05, 0) is 45.4 Å². The zero-order valence-corrected chi connectivity index (χ0v) is 18.9. The van der Waals surface area contributed by atoms with Gasteiger partial charge in [-0.1, -0.05) is 29.3 Å².